The summed E-state index contributed by atoms with van der Waals surface area (Å²) >= 11 is 2.56. The van der Waals surface area contributed by atoms with Gasteiger partial charge in [-0.15, -0.1) is 11.3 Å². The van der Waals surface area contributed by atoms with Crippen LogP contribution in [0.25, 0.3) is 0 Å². The van der Waals surface area contributed by atoms with Gasteiger partial charge in [0.15, 0.2) is 10.9 Å². The maximum absolute atomic E-state index is 11.7. The molecule has 0 aliphatic rings. The summed E-state index contributed by atoms with van der Waals surface area (Å²) in [4.78, 5) is 29.9. The molecule has 2 heterocycles. The second-order valence-corrected chi connectivity index (χ2v) is 5.08. The van der Waals surface area contributed by atoms with Gasteiger partial charge >= 0.3 is 0 Å². The first-order valence-corrected chi connectivity index (χ1v) is 6.58. The molecule has 0 aliphatic carbocycles. The first-order chi connectivity index (χ1) is 8.15. The SMILES string of the molecule is Nc1cc(=O)[nH]c(SCC(=O)c2cccs2)n1. The van der Waals surface area contributed by atoms with E-state index in [1.165, 1.54) is 29.2 Å². The highest BCUT2D eigenvalue weighted by molar-refractivity contribution is 7.99. The number of nitrogens with two attached hydrogens (primary N) is 1. The summed E-state index contributed by atoms with van der Waals surface area (Å²) in [6.07, 6.45) is 0. The normalized spacial score (nSPS) is 10.4. The highest BCUT2D eigenvalue weighted by Crippen LogP contribution is 2.16. The first kappa shape index (κ1) is 11.9. The number of aromatic amines is 1. The van der Waals surface area contributed by atoms with Gasteiger partial charge in [-0.05, 0) is 11.4 Å². The van der Waals surface area contributed by atoms with E-state index in [0.29, 0.717) is 10.0 Å². The number of hydrogen-bond acceptors (Lipinski definition) is 6. The van der Waals surface area contributed by atoms with Crippen LogP contribution in [0.15, 0.2) is 33.5 Å². The van der Waals surface area contributed by atoms with Gasteiger partial charge in [0.25, 0.3) is 5.56 Å². The lowest BCUT2D eigenvalue weighted by atomic mass is 10.4. The molecule has 0 saturated heterocycles. The van der Waals surface area contributed by atoms with Crippen molar-refractivity contribution < 1.29 is 4.79 Å². The summed E-state index contributed by atoms with van der Waals surface area (Å²) in [7, 11) is 0. The molecule has 0 aliphatic heterocycles. The molecule has 0 spiro atoms. The topological polar surface area (TPSA) is 88.8 Å². The zero-order valence-electron chi connectivity index (χ0n) is 8.67. The van der Waals surface area contributed by atoms with Gasteiger partial charge < -0.3 is 10.7 Å². The lowest BCUT2D eigenvalue weighted by molar-refractivity contribution is 0.102. The van der Waals surface area contributed by atoms with Gasteiger partial charge in [0.2, 0.25) is 0 Å². The fourth-order valence-electron chi connectivity index (χ4n) is 1.16. The summed E-state index contributed by atoms with van der Waals surface area (Å²) in [5.41, 5.74) is 5.12. The number of carbonyl (C=O) groups is 1. The fourth-order valence-corrected chi connectivity index (χ4v) is 2.69. The number of nitrogen functional groups attached to an aromatic ring is 1. The molecule has 0 amide bonds. The highest BCUT2D eigenvalue weighted by Gasteiger charge is 2.08. The molecule has 0 saturated carbocycles. The Balaban J connectivity index is 2.03. The van der Waals surface area contributed by atoms with E-state index in [1.807, 2.05) is 11.4 Å². The number of thiophene rings is 1. The summed E-state index contributed by atoms with van der Waals surface area (Å²) in [6, 6.07) is 4.79. The molecule has 17 heavy (non-hydrogen) atoms. The zero-order chi connectivity index (χ0) is 12.3. The van der Waals surface area contributed by atoms with E-state index < -0.39 is 0 Å². The van der Waals surface area contributed by atoms with Crippen molar-refractivity contribution in [2.24, 2.45) is 0 Å². The van der Waals surface area contributed by atoms with Gasteiger partial charge in [-0.2, -0.15) is 0 Å². The molecule has 7 heteroatoms. The summed E-state index contributed by atoms with van der Waals surface area (Å²) in [6.45, 7) is 0. The zero-order valence-corrected chi connectivity index (χ0v) is 10.3. The van der Waals surface area contributed by atoms with E-state index in [1.54, 1.807) is 6.07 Å². The van der Waals surface area contributed by atoms with Crippen molar-refractivity contribution in [1.82, 2.24) is 9.97 Å². The number of carbonyl (C=O) groups excluding carboxylic acids is 1. The molecule has 5 nitrogen and oxygen atoms in total. The van der Waals surface area contributed by atoms with Crippen LogP contribution in [0.4, 0.5) is 5.82 Å². The molecule has 2 aromatic rings. The van der Waals surface area contributed by atoms with Crippen molar-refractivity contribution in [3.05, 3.63) is 38.8 Å². The monoisotopic (exact) mass is 267 g/mol. The van der Waals surface area contributed by atoms with Crippen LogP contribution in [-0.2, 0) is 0 Å². The molecule has 3 N–H and O–H groups in total. The minimum atomic E-state index is -0.316. The Bertz CT molecular complexity index is 577. The molecule has 88 valence electrons. The summed E-state index contributed by atoms with van der Waals surface area (Å²) in [5.74, 6) is 0.391. The molecule has 0 bridgehead atoms. The summed E-state index contributed by atoms with van der Waals surface area (Å²) < 4.78 is 0. The molecular formula is C10H9N3O2S2. The lowest BCUT2D eigenvalue weighted by Gasteiger charge is -1.99. The van der Waals surface area contributed by atoms with Gasteiger partial charge in [0, 0.05) is 6.07 Å². The van der Waals surface area contributed by atoms with Crippen LogP contribution < -0.4 is 11.3 Å². The standard InChI is InChI=1S/C10H9N3O2S2/c11-8-4-9(15)13-10(12-8)17-5-6(14)7-2-1-3-16-7/h1-4H,5H2,(H3,11,12,13,15). The van der Waals surface area contributed by atoms with Gasteiger partial charge in [-0.25, -0.2) is 4.98 Å². The Morgan fingerprint density at radius 2 is 2.41 bits per heavy atom. The van der Waals surface area contributed by atoms with Crippen LogP contribution in [0.3, 0.4) is 0 Å². The van der Waals surface area contributed by atoms with Crippen LogP contribution in [0, 0.1) is 0 Å². The number of nitrogens with one attached hydrogen (secondary N) is 1. The van der Waals surface area contributed by atoms with Gasteiger partial charge in [-0.3, -0.25) is 9.59 Å². The Kier molecular flexibility index (Phi) is 3.60. The fraction of sp³-hybridized carbons (Fsp3) is 0.100. The number of thioether (sulfide) groups is 1. The van der Waals surface area contributed by atoms with Gasteiger partial charge in [0.05, 0.1) is 10.6 Å². The highest BCUT2D eigenvalue weighted by atomic mass is 32.2. The quantitative estimate of drug-likeness (QED) is 0.496. The Morgan fingerprint density at radius 3 is 3.06 bits per heavy atom. The van der Waals surface area contributed by atoms with Crippen LogP contribution in [0.1, 0.15) is 9.67 Å². The third-order valence-electron chi connectivity index (χ3n) is 1.88. The number of rotatable bonds is 4. The second kappa shape index (κ2) is 5.15. The summed E-state index contributed by atoms with van der Waals surface area (Å²) in [5, 5.41) is 2.21. The Labute approximate surface area is 105 Å². The number of hydrogen-bond donors (Lipinski definition) is 2. The average Bonchev–Trinajstić information content (AvgIpc) is 2.78. The number of ketones is 1. The number of nitrogens with zero attached hydrogens (tertiary/aromatic N) is 1. The minimum Gasteiger partial charge on any atom is -0.383 e. The molecule has 0 atom stereocenters. The smallest absolute Gasteiger partial charge is 0.253 e. The Hall–Kier alpha value is -1.60. The first-order valence-electron chi connectivity index (χ1n) is 4.71. The van der Waals surface area contributed by atoms with Crippen LogP contribution in [-0.4, -0.2) is 21.5 Å². The van der Waals surface area contributed by atoms with E-state index in [0.717, 1.165) is 0 Å². The molecule has 0 fully saturated rings. The molecule has 2 aromatic heterocycles. The van der Waals surface area contributed by atoms with Gasteiger partial charge in [-0.1, -0.05) is 17.8 Å². The van der Waals surface area contributed by atoms with Crippen LogP contribution in [0.5, 0.6) is 0 Å². The third kappa shape index (κ3) is 3.18. The van der Waals surface area contributed by atoms with Crippen molar-refractivity contribution in [2.75, 3.05) is 11.5 Å². The number of aromatic nitrogens is 2. The number of Topliss-reactive ketones (excluding diaryl/α,β-unsaturated/α-hetero) is 1. The number of anilines is 1. The van der Waals surface area contributed by atoms with E-state index in [9.17, 15) is 9.59 Å². The lowest BCUT2D eigenvalue weighted by Crippen LogP contribution is -2.10. The van der Waals surface area contributed by atoms with Crippen molar-refractivity contribution in [2.45, 2.75) is 5.16 Å². The predicted molar refractivity (Wildman–Crippen MR) is 68.6 cm³/mol. The van der Waals surface area contributed by atoms with Crippen LogP contribution >= 0.6 is 23.1 Å². The van der Waals surface area contributed by atoms with E-state index >= 15 is 0 Å². The molecule has 0 unspecified atom stereocenters. The van der Waals surface area contributed by atoms with Crippen molar-refractivity contribution in [3.63, 3.8) is 0 Å². The van der Waals surface area contributed by atoms with E-state index in [4.69, 9.17) is 5.73 Å². The largest absolute Gasteiger partial charge is 0.383 e. The van der Waals surface area contributed by atoms with Crippen molar-refractivity contribution >= 4 is 34.7 Å². The van der Waals surface area contributed by atoms with Crippen molar-refractivity contribution in [1.29, 1.82) is 0 Å². The molecular weight excluding hydrogens is 258 g/mol. The van der Waals surface area contributed by atoms with E-state index in [-0.39, 0.29) is 22.9 Å². The van der Waals surface area contributed by atoms with Gasteiger partial charge in [0.1, 0.15) is 5.82 Å². The third-order valence-corrected chi connectivity index (χ3v) is 3.66. The molecule has 2 rings (SSSR count). The maximum atomic E-state index is 11.7. The average molecular weight is 267 g/mol. The minimum absolute atomic E-state index is 0.00933. The molecule has 0 radical (unpaired) electrons. The van der Waals surface area contributed by atoms with Crippen LogP contribution in [0.2, 0.25) is 0 Å². The van der Waals surface area contributed by atoms with E-state index in [2.05, 4.69) is 9.97 Å². The molecule has 0 aromatic carbocycles. The predicted octanol–water partition coefficient (Wildman–Crippen LogP) is 1.39. The Morgan fingerprint density at radius 1 is 1.59 bits per heavy atom. The van der Waals surface area contributed by atoms with Crippen molar-refractivity contribution in [3.8, 4) is 0 Å². The second-order valence-electron chi connectivity index (χ2n) is 3.16. The maximum Gasteiger partial charge on any atom is 0.253 e. The number of H-pyrrole nitrogens is 1.